The van der Waals surface area contributed by atoms with E-state index < -0.39 is 0 Å². The molecule has 1 aromatic carbocycles. The Morgan fingerprint density at radius 3 is 2.70 bits per heavy atom. The van der Waals surface area contributed by atoms with Gasteiger partial charge in [-0.3, -0.25) is 4.79 Å². The van der Waals surface area contributed by atoms with E-state index in [1.165, 1.54) is 0 Å². The zero-order valence-corrected chi connectivity index (χ0v) is 12.4. The molecular formula is C16H24N2O2. The normalized spacial score (nSPS) is 10.1. The number of hydrogen-bond acceptors (Lipinski definition) is 3. The molecule has 0 bridgehead atoms. The number of nitrogens with one attached hydrogen (secondary N) is 1. The number of para-hydroxylation sites is 1. The molecule has 0 aliphatic rings. The monoisotopic (exact) mass is 276 g/mol. The first-order valence-corrected chi connectivity index (χ1v) is 7.03. The molecule has 110 valence electrons. The van der Waals surface area contributed by atoms with Crippen LogP contribution in [0.2, 0.25) is 0 Å². The maximum Gasteiger partial charge on any atom is 0.236 e. The van der Waals surface area contributed by atoms with Crippen molar-refractivity contribution in [1.82, 2.24) is 10.2 Å². The molecule has 1 N–H and O–H groups in total. The number of hydrogen-bond donors (Lipinski definition) is 1. The molecule has 4 nitrogen and oxygen atoms in total. The molecule has 0 aliphatic carbocycles. The van der Waals surface area contributed by atoms with E-state index in [0.29, 0.717) is 19.7 Å². The van der Waals surface area contributed by atoms with Gasteiger partial charge in [0.2, 0.25) is 5.91 Å². The molecule has 0 aromatic heterocycles. The van der Waals surface area contributed by atoms with Crippen LogP contribution in [0, 0.1) is 0 Å². The van der Waals surface area contributed by atoms with Crippen molar-refractivity contribution in [2.75, 3.05) is 26.2 Å². The number of carbonyl (C=O) groups is 1. The van der Waals surface area contributed by atoms with Crippen molar-refractivity contribution in [1.29, 1.82) is 0 Å². The largest absolute Gasteiger partial charge is 0.489 e. The fraction of sp³-hybridized carbons (Fsp3) is 0.438. The summed E-state index contributed by atoms with van der Waals surface area (Å²) >= 11 is 0. The standard InChI is InChI=1S/C16H24N2O2/c1-4-11-20-15-10-8-7-9-14(15)12-17-13-16(19)18(5-2)6-3/h4,7-10,17H,1,5-6,11-13H2,2-3H3. The van der Waals surface area contributed by atoms with Crippen molar-refractivity contribution in [2.45, 2.75) is 20.4 Å². The van der Waals surface area contributed by atoms with E-state index in [1.54, 1.807) is 6.08 Å². The Morgan fingerprint density at radius 2 is 2.05 bits per heavy atom. The van der Waals surface area contributed by atoms with Crippen LogP contribution in [-0.2, 0) is 11.3 Å². The third-order valence-electron chi connectivity index (χ3n) is 3.04. The first-order valence-electron chi connectivity index (χ1n) is 7.03. The molecule has 1 rings (SSSR count). The van der Waals surface area contributed by atoms with Crippen LogP contribution in [0.5, 0.6) is 5.75 Å². The molecule has 0 heterocycles. The lowest BCUT2D eigenvalue weighted by atomic mass is 10.2. The SMILES string of the molecule is C=CCOc1ccccc1CNCC(=O)N(CC)CC. The van der Waals surface area contributed by atoms with Gasteiger partial charge in [-0.15, -0.1) is 0 Å². The van der Waals surface area contributed by atoms with Gasteiger partial charge in [-0.1, -0.05) is 30.9 Å². The van der Waals surface area contributed by atoms with Gasteiger partial charge >= 0.3 is 0 Å². The average Bonchev–Trinajstić information content (AvgIpc) is 2.47. The van der Waals surface area contributed by atoms with Gasteiger partial charge in [0.15, 0.2) is 0 Å². The number of likely N-dealkylation sites (N-methyl/N-ethyl adjacent to an activating group) is 1. The van der Waals surface area contributed by atoms with Crippen LogP contribution < -0.4 is 10.1 Å². The molecule has 0 aliphatic heterocycles. The predicted octanol–water partition coefficient (Wildman–Crippen LogP) is 2.21. The van der Waals surface area contributed by atoms with Gasteiger partial charge in [0.25, 0.3) is 0 Å². The van der Waals surface area contributed by atoms with Crippen molar-refractivity contribution < 1.29 is 9.53 Å². The molecule has 0 unspecified atom stereocenters. The van der Waals surface area contributed by atoms with Crippen molar-refractivity contribution in [3.05, 3.63) is 42.5 Å². The van der Waals surface area contributed by atoms with Gasteiger partial charge in [-0.05, 0) is 19.9 Å². The van der Waals surface area contributed by atoms with Crippen LogP contribution in [0.1, 0.15) is 19.4 Å². The lowest BCUT2D eigenvalue weighted by Crippen LogP contribution is -2.37. The Balaban J connectivity index is 2.49. The molecule has 0 saturated heterocycles. The summed E-state index contributed by atoms with van der Waals surface area (Å²) in [6, 6.07) is 7.81. The number of carbonyl (C=O) groups excluding carboxylic acids is 1. The third-order valence-corrected chi connectivity index (χ3v) is 3.04. The fourth-order valence-corrected chi connectivity index (χ4v) is 1.93. The number of rotatable bonds is 9. The Labute approximate surface area is 121 Å². The maximum absolute atomic E-state index is 11.9. The number of benzene rings is 1. The molecule has 0 saturated carbocycles. The second-order valence-electron chi connectivity index (χ2n) is 4.38. The Morgan fingerprint density at radius 1 is 1.35 bits per heavy atom. The van der Waals surface area contributed by atoms with E-state index in [1.807, 2.05) is 43.0 Å². The quantitative estimate of drug-likeness (QED) is 0.703. The predicted molar refractivity (Wildman–Crippen MR) is 81.8 cm³/mol. The van der Waals surface area contributed by atoms with Crippen molar-refractivity contribution >= 4 is 5.91 Å². The smallest absolute Gasteiger partial charge is 0.236 e. The van der Waals surface area contributed by atoms with Gasteiger partial charge in [-0.2, -0.15) is 0 Å². The van der Waals surface area contributed by atoms with Gasteiger partial charge in [0.1, 0.15) is 12.4 Å². The molecule has 1 amide bonds. The molecule has 0 radical (unpaired) electrons. The zero-order valence-electron chi connectivity index (χ0n) is 12.4. The van der Waals surface area contributed by atoms with Crippen molar-refractivity contribution in [3.8, 4) is 5.75 Å². The first-order chi connectivity index (χ1) is 9.72. The lowest BCUT2D eigenvalue weighted by molar-refractivity contribution is -0.129. The number of amides is 1. The highest BCUT2D eigenvalue weighted by Crippen LogP contribution is 2.17. The van der Waals surface area contributed by atoms with E-state index in [0.717, 1.165) is 24.4 Å². The second-order valence-corrected chi connectivity index (χ2v) is 4.38. The van der Waals surface area contributed by atoms with E-state index >= 15 is 0 Å². The highest BCUT2D eigenvalue weighted by Gasteiger charge is 2.09. The minimum Gasteiger partial charge on any atom is -0.489 e. The topological polar surface area (TPSA) is 41.6 Å². The highest BCUT2D eigenvalue weighted by molar-refractivity contribution is 5.78. The summed E-state index contributed by atoms with van der Waals surface area (Å²) in [5, 5.41) is 3.17. The Bertz CT molecular complexity index is 428. The Kier molecular flexibility index (Phi) is 7.43. The molecule has 0 atom stereocenters. The highest BCUT2D eigenvalue weighted by atomic mass is 16.5. The molecular weight excluding hydrogens is 252 g/mol. The van der Waals surface area contributed by atoms with Gasteiger partial charge < -0.3 is 15.0 Å². The minimum atomic E-state index is 0.125. The molecule has 20 heavy (non-hydrogen) atoms. The van der Waals surface area contributed by atoms with E-state index in [-0.39, 0.29) is 5.91 Å². The van der Waals surface area contributed by atoms with Crippen molar-refractivity contribution in [2.24, 2.45) is 0 Å². The molecule has 1 aromatic rings. The average molecular weight is 276 g/mol. The van der Waals surface area contributed by atoms with Crippen LogP contribution in [0.3, 0.4) is 0 Å². The molecule has 4 heteroatoms. The summed E-state index contributed by atoms with van der Waals surface area (Å²) in [5.74, 6) is 0.953. The molecule has 0 fully saturated rings. The second kappa shape index (κ2) is 9.15. The fourth-order valence-electron chi connectivity index (χ4n) is 1.93. The Hall–Kier alpha value is -1.81. The van der Waals surface area contributed by atoms with Crippen LogP contribution in [0.25, 0.3) is 0 Å². The van der Waals surface area contributed by atoms with Crippen molar-refractivity contribution in [3.63, 3.8) is 0 Å². The van der Waals surface area contributed by atoms with Gasteiger partial charge in [0.05, 0.1) is 6.54 Å². The summed E-state index contributed by atoms with van der Waals surface area (Å²) in [7, 11) is 0. The van der Waals surface area contributed by atoms with E-state index in [9.17, 15) is 4.79 Å². The zero-order chi connectivity index (χ0) is 14.8. The number of nitrogens with zero attached hydrogens (tertiary/aromatic N) is 1. The summed E-state index contributed by atoms with van der Waals surface area (Å²) in [4.78, 5) is 13.7. The first kappa shape index (κ1) is 16.2. The summed E-state index contributed by atoms with van der Waals surface area (Å²) in [6.45, 7) is 10.5. The third kappa shape index (κ3) is 5.05. The van der Waals surface area contributed by atoms with Crippen LogP contribution in [-0.4, -0.2) is 37.0 Å². The van der Waals surface area contributed by atoms with Crippen LogP contribution in [0.15, 0.2) is 36.9 Å². The van der Waals surface area contributed by atoms with Gasteiger partial charge in [0, 0.05) is 25.2 Å². The number of ether oxygens (including phenoxy) is 1. The van der Waals surface area contributed by atoms with Crippen LogP contribution >= 0.6 is 0 Å². The summed E-state index contributed by atoms with van der Waals surface area (Å²) < 4.78 is 5.58. The van der Waals surface area contributed by atoms with Crippen LogP contribution in [0.4, 0.5) is 0 Å². The summed E-state index contributed by atoms with van der Waals surface area (Å²) in [6.07, 6.45) is 1.72. The molecule has 0 spiro atoms. The lowest BCUT2D eigenvalue weighted by Gasteiger charge is -2.19. The van der Waals surface area contributed by atoms with Gasteiger partial charge in [-0.25, -0.2) is 0 Å². The minimum absolute atomic E-state index is 0.125. The van der Waals surface area contributed by atoms with E-state index in [4.69, 9.17) is 4.74 Å². The maximum atomic E-state index is 11.9. The van der Waals surface area contributed by atoms with E-state index in [2.05, 4.69) is 11.9 Å². The summed E-state index contributed by atoms with van der Waals surface area (Å²) in [5.41, 5.74) is 1.04.